The van der Waals surface area contributed by atoms with Crippen LogP contribution in [-0.4, -0.2) is 0 Å². The van der Waals surface area contributed by atoms with E-state index in [-0.39, 0.29) is 11.5 Å². The van der Waals surface area contributed by atoms with E-state index in [2.05, 4.69) is 0 Å². The van der Waals surface area contributed by atoms with Crippen LogP contribution in [0, 0.1) is 11.6 Å². The molecule has 2 heteroatoms. The second-order valence-corrected chi connectivity index (χ2v) is 4.38. The number of halogens is 2. The van der Waals surface area contributed by atoms with Gasteiger partial charge in [-0.2, -0.15) is 0 Å². The molecule has 0 aromatic heterocycles. The Hall–Kier alpha value is -1.70. The third kappa shape index (κ3) is 2.36. The Morgan fingerprint density at radius 3 is 1.88 bits per heavy atom. The molecule has 2 aromatic carbocycles. The molecule has 0 atom stereocenters. The molecule has 17 heavy (non-hydrogen) atoms. The van der Waals surface area contributed by atoms with Crippen LogP contribution in [0.2, 0.25) is 0 Å². The monoisotopic (exact) mass is 232 g/mol. The molecule has 0 unspecified atom stereocenters. The molecule has 0 N–H and O–H groups in total. The van der Waals surface area contributed by atoms with Gasteiger partial charge in [0.2, 0.25) is 0 Å². The van der Waals surface area contributed by atoms with Crippen LogP contribution in [0.5, 0.6) is 0 Å². The Morgan fingerprint density at radius 1 is 0.882 bits per heavy atom. The van der Waals surface area contributed by atoms with E-state index in [1.807, 2.05) is 19.9 Å². The number of hydrogen-bond donors (Lipinski definition) is 0. The van der Waals surface area contributed by atoms with Crippen LogP contribution in [-0.2, 0) is 0 Å². The fourth-order valence-corrected chi connectivity index (χ4v) is 1.81. The van der Waals surface area contributed by atoms with Gasteiger partial charge in [-0.05, 0) is 29.2 Å². The van der Waals surface area contributed by atoms with Gasteiger partial charge in [-0.1, -0.05) is 44.2 Å². The lowest BCUT2D eigenvalue weighted by Gasteiger charge is -2.10. The molecule has 0 fully saturated rings. The van der Waals surface area contributed by atoms with Crippen molar-refractivity contribution in [3.8, 4) is 11.1 Å². The average molecular weight is 232 g/mol. The summed E-state index contributed by atoms with van der Waals surface area (Å²) in [6.07, 6.45) is 0. The molecule has 0 aliphatic carbocycles. The summed E-state index contributed by atoms with van der Waals surface area (Å²) in [4.78, 5) is 0. The van der Waals surface area contributed by atoms with Crippen molar-refractivity contribution < 1.29 is 8.78 Å². The summed E-state index contributed by atoms with van der Waals surface area (Å²) in [7, 11) is 0. The minimum absolute atomic E-state index is 0.0509. The van der Waals surface area contributed by atoms with Gasteiger partial charge in [-0.3, -0.25) is 0 Å². The molecule has 2 aromatic rings. The summed E-state index contributed by atoms with van der Waals surface area (Å²) in [6, 6.07) is 11.6. The van der Waals surface area contributed by atoms with Crippen LogP contribution < -0.4 is 0 Å². The van der Waals surface area contributed by atoms with Crippen molar-refractivity contribution in [3.05, 3.63) is 59.7 Å². The van der Waals surface area contributed by atoms with Crippen molar-refractivity contribution in [1.29, 1.82) is 0 Å². The van der Waals surface area contributed by atoms with Crippen molar-refractivity contribution in [3.63, 3.8) is 0 Å². The predicted octanol–water partition coefficient (Wildman–Crippen LogP) is 4.76. The van der Waals surface area contributed by atoms with Gasteiger partial charge in [0, 0.05) is 0 Å². The molecule has 0 spiro atoms. The second-order valence-electron chi connectivity index (χ2n) is 4.38. The third-order valence-electron chi connectivity index (χ3n) is 2.79. The Kier molecular flexibility index (Phi) is 3.23. The lowest BCUT2D eigenvalue weighted by atomic mass is 9.97. The maximum atomic E-state index is 13.9. The summed E-state index contributed by atoms with van der Waals surface area (Å²) in [5.74, 6) is -0.886. The van der Waals surface area contributed by atoms with E-state index in [1.54, 1.807) is 24.3 Å². The van der Waals surface area contributed by atoms with Crippen molar-refractivity contribution in [2.75, 3.05) is 0 Å². The van der Waals surface area contributed by atoms with Crippen LogP contribution in [0.3, 0.4) is 0 Å². The van der Waals surface area contributed by atoms with Crippen molar-refractivity contribution >= 4 is 0 Å². The van der Waals surface area contributed by atoms with Gasteiger partial charge in [0.15, 0.2) is 0 Å². The van der Waals surface area contributed by atoms with Crippen LogP contribution in [0.1, 0.15) is 25.3 Å². The minimum Gasteiger partial charge on any atom is -0.206 e. The molecular formula is C15H14F2. The van der Waals surface area contributed by atoms with Gasteiger partial charge >= 0.3 is 0 Å². The molecule has 0 heterocycles. The second kappa shape index (κ2) is 4.66. The molecule has 88 valence electrons. The molecule has 0 nitrogen and oxygen atoms in total. The standard InChI is InChI=1S/C15H14F2/c1-10(2)12-8-13(16)15(14(17)9-12)11-6-4-3-5-7-11/h3-10H,1-2H3. The quantitative estimate of drug-likeness (QED) is 0.700. The number of benzene rings is 2. The zero-order chi connectivity index (χ0) is 12.4. The highest BCUT2D eigenvalue weighted by Crippen LogP contribution is 2.29. The van der Waals surface area contributed by atoms with Crippen LogP contribution >= 0.6 is 0 Å². The van der Waals surface area contributed by atoms with Gasteiger partial charge in [-0.25, -0.2) is 8.78 Å². The Morgan fingerprint density at radius 2 is 1.41 bits per heavy atom. The SMILES string of the molecule is CC(C)c1cc(F)c(-c2ccccc2)c(F)c1. The first kappa shape index (κ1) is 11.8. The minimum atomic E-state index is -0.500. The molecule has 0 aliphatic rings. The summed E-state index contributed by atoms with van der Waals surface area (Å²) in [5.41, 5.74) is 1.30. The maximum absolute atomic E-state index is 13.9. The zero-order valence-electron chi connectivity index (χ0n) is 9.87. The number of rotatable bonds is 2. The predicted molar refractivity (Wildman–Crippen MR) is 65.9 cm³/mol. The maximum Gasteiger partial charge on any atom is 0.134 e. The van der Waals surface area contributed by atoms with E-state index >= 15 is 0 Å². The van der Waals surface area contributed by atoms with Crippen molar-refractivity contribution in [2.24, 2.45) is 0 Å². The smallest absolute Gasteiger partial charge is 0.134 e. The van der Waals surface area contributed by atoms with Crippen molar-refractivity contribution in [2.45, 2.75) is 19.8 Å². The summed E-state index contributed by atoms with van der Waals surface area (Å²) in [6.45, 7) is 3.83. The highest BCUT2D eigenvalue weighted by Gasteiger charge is 2.14. The van der Waals surface area contributed by atoms with Gasteiger partial charge in [0.05, 0.1) is 5.56 Å². The largest absolute Gasteiger partial charge is 0.206 e. The Labute approximate surface area is 99.9 Å². The third-order valence-corrected chi connectivity index (χ3v) is 2.79. The van der Waals surface area contributed by atoms with Gasteiger partial charge in [-0.15, -0.1) is 0 Å². The van der Waals surface area contributed by atoms with E-state index in [4.69, 9.17) is 0 Å². The summed E-state index contributed by atoms with van der Waals surface area (Å²) in [5, 5.41) is 0. The first-order valence-electron chi connectivity index (χ1n) is 5.64. The molecule has 2 rings (SSSR count). The van der Waals surface area contributed by atoms with Crippen LogP contribution in [0.25, 0.3) is 11.1 Å². The van der Waals surface area contributed by atoms with Gasteiger partial charge in [0.1, 0.15) is 11.6 Å². The topological polar surface area (TPSA) is 0 Å². The van der Waals surface area contributed by atoms with Crippen molar-refractivity contribution in [1.82, 2.24) is 0 Å². The highest BCUT2D eigenvalue weighted by molar-refractivity contribution is 5.65. The normalized spacial score (nSPS) is 10.9. The molecule has 0 radical (unpaired) electrons. The van der Waals surface area contributed by atoms with E-state index in [1.165, 1.54) is 12.1 Å². The Bertz CT molecular complexity index is 493. The first-order valence-corrected chi connectivity index (χ1v) is 5.64. The van der Waals surface area contributed by atoms with Gasteiger partial charge < -0.3 is 0 Å². The molecule has 0 bridgehead atoms. The Balaban J connectivity index is 2.57. The van der Waals surface area contributed by atoms with Crippen LogP contribution in [0.15, 0.2) is 42.5 Å². The average Bonchev–Trinajstić information content (AvgIpc) is 2.29. The van der Waals surface area contributed by atoms with E-state index < -0.39 is 11.6 Å². The van der Waals surface area contributed by atoms with E-state index in [0.717, 1.165) is 0 Å². The molecular weight excluding hydrogens is 218 g/mol. The molecule has 0 saturated heterocycles. The van der Waals surface area contributed by atoms with Gasteiger partial charge in [0.25, 0.3) is 0 Å². The number of hydrogen-bond acceptors (Lipinski definition) is 0. The highest BCUT2D eigenvalue weighted by atomic mass is 19.1. The zero-order valence-corrected chi connectivity index (χ0v) is 9.87. The fourth-order valence-electron chi connectivity index (χ4n) is 1.81. The lowest BCUT2D eigenvalue weighted by molar-refractivity contribution is 0.583. The van der Waals surface area contributed by atoms with E-state index in [0.29, 0.717) is 11.1 Å². The molecule has 0 amide bonds. The fraction of sp³-hybridized carbons (Fsp3) is 0.200. The van der Waals surface area contributed by atoms with Crippen LogP contribution in [0.4, 0.5) is 8.78 Å². The molecule has 0 saturated carbocycles. The molecule has 0 aliphatic heterocycles. The first-order chi connectivity index (χ1) is 8.09. The lowest BCUT2D eigenvalue weighted by Crippen LogP contribution is -1.96. The van der Waals surface area contributed by atoms with E-state index in [9.17, 15) is 8.78 Å². The summed E-state index contributed by atoms with van der Waals surface area (Å²) >= 11 is 0. The summed E-state index contributed by atoms with van der Waals surface area (Å²) < 4.78 is 27.8.